The Morgan fingerprint density at radius 2 is 2.05 bits per heavy atom. The van der Waals surface area contributed by atoms with Gasteiger partial charge in [0.2, 0.25) is 0 Å². The van der Waals surface area contributed by atoms with E-state index in [9.17, 15) is 0 Å². The Labute approximate surface area is 128 Å². The number of ether oxygens (including phenoxy) is 2. The zero-order valence-electron chi connectivity index (χ0n) is 13.5. The first-order valence-electron chi connectivity index (χ1n) is 7.87. The predicted molar refractivity (Wildman–Crippen MR) is 86.0 cm³/mol. The van der Waals surface area contributed by atoms with Crippen LogP contribution in [0, 0.1) is 0 Å². The molecule has 4 heteroatoms. The van der Waals surface area contributed by atoms with E-state index in [0.29, 0.717) is 6.04 Å². The Balaban J connectivity index is 2.12. The Morgan fingerprint density at radius 1 is 1.24 bits per heavy atom. The summed E-state index contributed by atoms with van der Waals surface area (Å²) in [6, 6.07) is 6.38. The molecule has 0 aromatic heterocycles. The molecule has 0 amide bonds. The van der Waals surface area contributed by atoms with E-state index in [4.69, 9.17) is 15.2 Å². The molecule has 0 spiro atoms. The van der Waals surface area contributed by atoms with Gasteiger partial charge in [-0.1, -0.05) is 12.8 Å². The highest BCUT2D eigenvalue weighted by atomic mass is 16.5. The number of rotatable bonds is 5. The van der Waals surface area contributed by atoms with E-state index in [1.807, 2.05) is 18.2 Å². The minimum absolute atomic E-state index is 0.0596. The first-order chi connectivity index (χ1) is 10.2. The van der Waals surface area contributed by atoms with Crippen LogP contribution < -0.4 is 15.2 Å². The summed E-state index contributed by atoms with van der Waals surface area (Å²) in [6.07, 6.45) is 5.20. The van der Waals surface area contributed by atoms with Crippen LogP contribution in [0.5, 0.6) is 11.5 Å². The maximum Gasteiger partial charge on any atom is 0.123 e. The number of methoxy groups -OCH3 is 2. The van der Waals surface area contributed by atoms with Crippen LogP contribution in [0.4, 0.5) is 0 Å². The van der Waals surface area contributed by atoms with E-state index < -0.39 is 0 Å². The van der Waals surface area contributed by atoms with Crippen molar-refractivity contribution in [2.75, 3.05) is 27.3 Å². The standard InChI is InChI=1S/C17H28N2O2/c1-13-7-5-4-6-10-19(13)12-16(18)15-11-14(20-2)8-9-17(15)21-3/h8-9,11,13,16H,4-7,10,12,18H2,1-3H3. The molecule has 2 unspecified atom stereocenters. The first kappa shape index (κ1) is 16.1. The maximum atomic E-state index is 6.46. The summed E-state index contributed by atoms with van der Waals surface area (Å²) >= 11 is 0. The second-order valence-electron chi connectivity index (χ2n) is 5.91. The van der Waals surface area contributed by atoms with Crippen molar-refractivity contribution in [2.45, 2.75) is 44.7 Å². The van der Waals surface area contributed by atoms with Gasteiger partial charge in [0.1, 0.15) is 11.5 Å². The van der Waals surface area contributed by atoms with Gasteiger partial charge in [-0.05, 0) is 44.5 Å². The number of nitrogens with two attached hydrogens (primary N) is 1. The van der Waals surface area contributed by atoms with Gasteiger partial charge >= 0.3 is 0 Å². The molecular formula is C17H28N2O2. The molecule has 1 aliphatic heterocycles. The molecule has 21 heavy (non-hydrogen) atoms. The zero-order chi connectivity index (χ0) is 15.2. The summed E-state index contributed by atoms with van der Waals surface area (Å²) in [5, 5.41) is 0. The van der Waals surface area contributed by atoms with E-state index in [0.717, 1.165) is 30.2 Å². The van der Waals surface area contributed by atoms with Crippen molar-refractivity contribution in [1.29, 1.82) is 0 Å². The van der Waals surface area contributed by atoms with Crippen LogP contribution in [-0.2, 0) is 0 Å². The molecule has 4 nitrogen and oxygen atoms in total. The Bertz CT molecular complexity index is 450. The van der Waals surface area contributed by atoms with E-state index in [2.05, 4.69) is 11.8 Å². The van der Waals surface area contributed by atoms with Crippen LogP contribution in [0.3, 0.4) is 0 Å². The number of hydrogen-bond donors (Lipinski definition) is 1. The molecular weight excluding hydrogens is 264 g/mol. The molecule has 1 saturated heterocycles. The van der Waals surface area contributed by atoms with Gasteiger partial charge in [-0.2, -0.15) is 0 Å². The number of hydrogen-bond acceptors (Lipinski definition) is 4. The summed E-state index contributed by atoms with van der Waals surface area (Å²) in [4.78, 5) is 2.51. The predicted octanol–water partition coefficient (Wildman–Crippen LogP) is 2.97. The van der Waals surface area contributed by atoms with Crippen molar-refractivity contribution in [3.8, 4) is 11.5 Å². The van der Waals surface area contributed by atoms with Crippen molar-refractivity contribution >= 4 is 0 Å². The average Bonchev–Trinajstić information content (AvgIpc) is 2.71. The summed E-state index contributed by atoms with van der Waals surface area (Å²) < 4.78 is 10.8. The van der Waals surface area contributed by atoms with Gasteiger partial charge in [0.05, 0.1) is 14.2 Å². The second kappa shape index (κ2) is 7.66. The quantitative estimate of drug-likeness (QED) is 0.906. The largest absolute Gasteiger partial charge is 0.497 e. The monoisotopic (exact) mass is 292 g/mol. The fourth-order valence-corrected chi connectivity index (χ4v) is 3.09. The van der Waals surface area contributed by atoms with Crippen LogP contribution in [0.25, 0.3) is 0 Å². The van der Waals surface area contributed by atoms with Crippen LogP contribution in [0.1, 0.15) is 44.2 Å². The molecule has 1 fully saturated rings. The van der Waals surface area contributed by atoms with Crippen molar-refractivity contribution in [2.24, 2.45) is 5.73 Å². The zero-order valence-corrected chi connectivity index (χ0v) is 13.5. The van der Waals surface area contributed by atoms with Gasteiger partial charge in [0.15, 0.2) is 0 Å². The molecule has 2 atom stereocenters. The number of benzene rings is 1. The fourth-order valence-electron chi connectivity index (χ4n) is 3.09. The van der Waals surface area contributed by atoms with Gasteiger partial charge in [-0.3, -0.25) is 4.90 Å². The van der Waals surface area contributed by atoms with Gasteiger partial charge < -0.3 is 15.2 Å². The normalized spacial score (nSPS) is 21.6. The summed E-state index contributed by atoms with van der Waals surface area (Å²) in [7, 11) is 3.36. The second-order valence-corrected chi connectivity index (χ2v) is 5.91. The molecule has 2 N–H and O–H groups in total. The molecule has 0 radical (unpaired) electrons. The minimum Gasteiger partial charge on any atom is -0.497 e. The van der Waals surface area contributed by atoms with Gasteiger partial charge in [0.25, 0.3) is 0 Å². The Kier molecular flexibility index (Phi) is 5.88. The van der Waals surface area contributed by atoms with Gasteiger partial charge in [-0.15, -0.1) is 0 Å². The molecule has 1 aliphatic rings. The lowest BCUT2D eigenvalue weighted by Gasteiger charge is -2.30. The van der Waals surface area contributed by atoms with Crippen molar-refractivity contribution in [3.63, 3.8) is 0 Å². The highest BCUT2D eigenvalue weighted by Crippen LogP contribution is 2.29. The molecule has 118 valence electrons. The highest BCUT2D eigenvalue weighted by molar-refractivity contribution is 5.42. The topological polar surface area (TPSA) is 47.7 Å². The van der Waals surface area contributed by atoms with E-state index in [1.165, 1.54) is 25.7 Å². The average molecular weight is 292 g/mol. The van der Waals surface area contributed by atoms with Gasteiger partial charge in [0, 0.05) is 24.2 Å². The Hall–Kier alpha value is -1.26. The smallest absolute Gasteiger partial charge is 0.123 e. The third-order valence-corrected chi connectivity index (χ3v) is 4.46. The summed E-state index contributed by atoms with van der Waals surface area (Å²) in [6.45, 7) is 4.31. The van der Waals surface area contributed by atoms with Crippen LogP contribution in [-0.4, -0.2) is 38.3 Å². The third-order valence-electron chi connectivity index (χ3n) is 4.46. The minimum atomic E-state index is -0.0596. The van der Waals surface area contributed by atoms with Crippen molar-refractivity contribution < 1.29 is 9.47 Å². The SMILES string of the molecule is COc1ccc(OC)c(C(N)CN2CCCCCC2C)c1. The highest BCUT2D eigenvalue weighted by Gasteiger charge is 2.21. The van der Waals surface area contributed by atoms with Crippen molar-refractivity contribution in [3.05, 3.63) is 23.8 Å². The molecule has 2 rings (SSSR count). The lowest BCUT2D eigenvalue weighted by molar-refractivity contribution is 0.200. The molecule has 1 aromatic carbocycles. The molecule has 1 aromatic rings. The number of nitrogens with zero attached hydrogens (tertiary/aromatic N) is 1. The fraction of sp³-hybridized carbons (Fsp3) is 0.647. The van der Waals surface area contributed by atoms with Crippen LogP contribution in [0.15, 0.2) is 18.2 Å². The first-order valence-corrected chi connectivity index (χ1v) is 7.87. The van der Waals surface area contributed by atoms with E-state index >= 15 is 0 Å². The summed E-state index contributed by atoms with van der Waals surface area (Å²) in [5.41, 5.74) is 7.48. The summed E-state index contributed by atoms with van der Waals surface area (Å²) in [5.74, 6) is 1.66. The van der Waals surface area contributed by atoms with E-state index in [1.54, 1.807) is 14.2 Å². The Morgan fingerprint density at radius 3 is 2.76 bits per heavy atom. The lowest BCUT2D eigenvalue weighted by Crippen LogP contribution is -2.38. The molecule has 0 aliphatic carbocycles. The number of likely N-dealkylation sites (tertiary alicyclic amines) is 1. The third kappa shape index (κ3) is 4.11. The maximum absolute atomic E-state index is 6.46. The van der Waals surface area contributed by atoms with Crippen molar-refractivity contribution in [1.82, 2.24) is 4.90 Å². The lowest BCUT2D eigenvalue weighted by atomic mass is 10.0. The van der Waals surface area contributed by atoms with Gasteiger partial charge in [-0.25, -0.2) is 0 Å². The molecule has 0 bridgehead atoms. The molecule has 1 heterocycles. The van der Waals surface area contributed by atoms with Crippen LogP contribution >= 0.6 is 0 Å². The van der Waals surface area contributed by atoms with Crippen LogP contribution in [0.2, 0.25) is 0 Å². The van der Waals surface area contributed by atoms with E-state index in [-0.39, 0.29) is 6.04 Å². The molecule has 0 saturated carbocycles.